The topological polar surface area (TPSA) is 47.5 Å². The lowest BCUT2D eigenvalue weighted by molar-refractivity contribution is 0.0488. The smallest absolute Gasteiger partial charge is 0.148 e. The molecule has 2 aromatic rings. The van der Waals surface area contributed by atoms with Crippen LogP contribution in [0.2, 0.25) is 0 Å². The second-order valence-electron chi connectivity index (χ2n) is 6.33. The fourth-order valence-corrected chi connectivity index (χ4v) is 4.20. The van der Waals surface area contributed by atoms with Gasteiger partial charge in [-0.15, -0.1) is 11.3 Å². The molecular weight excluding hydrogens is 306 g/mol. The van der Waals surface area contributed by atoms with Crippen LogP contribution in [0.4, 0.5) is 0 Å². The number of nitrogens with zero attached hydrogens (tertiary/aromatic N) is 1. The van der Waals surface area contributed by atoms with Crippen LogP contribution in [0.3, 0.4) is 0 Å². The van der Waals surface area contributed by atoms with Gasteiger partial charge in [-0.3, -0.25) is 5.32 Å². The molecule has 5 heteroatoms. The summed E-state index contributed by atoms with van der Waals surface area (Å²) >= 11 is 1.77. The summed E-state index contributed by atoms with van der Waals surface area (Å²) in [5.74, 6) is 0. The van der Waals surface area contributed by atoms with Gasteiger partial charge in [0.05, 0.1) is 5.54 Å². The maximum absolute atomic E-state index is 10.5. The van der Waals surface area contributed by atoms with Crippen LogP contribution in [0.15, 0.2) is 53.6 Å². The van der Waals surface area contributed by atoms with Crippen LogP contribution in [0.1, 0.15) is 12.5 Å². The van der Waals surface area contributed by atoms with Crippen LogP contribution >= 0.6 is 11.3 Å². The van der Waals surface area contributed by atoms with E-state index in [-0.39, 0.29) is 5.54 Å². The summed E-state index contributed by atoms with van der Waals surface area (Å²) in [6.45, 7) is 4.32. The highest BCUT2D eigenvalue weighted by atomic mass is 32.1. The lowest BCUT2D eigenvalue weighted by Gasteiger charge is -2.38. The molecule has 3 N–H and O–H groups in total. The third kappa shape index (κ3) is 2.60. The molecule has 0 saturated carbocycles. The first-order valence-electron chi connectivity index (χ1n) is 7.90. The molecule has 1 saturated heterocycles. The van der Waals surface area contributed by atoms with E-state index in [0.29, 0.717) is 0 Å². The molecular formula is C18H21N3OS. The summed E-state index contributed by atoms with van der Waals surface area (Å²) in [5, 5.41) is 20.9. The molecule has 4 nitrogen and oxygen atoms in total. The van der Waals surface area contributed by atoms with Crippen LogP contribution < -0.4 is 10.6 Å². The van der Waals surface area contributed by atoms with Gasteiger partial charge in [-0.05, 0) is 53.1 Å². The monoisotopic (exact) mass is 327 g/mol. The van der Waals surface area contributed by atoms with E-state index in [1.807, 2.05) is 30.2 Å². The van der Waals surface area contributed by atoms with Crippen LogP contribution in [0.5, 0.6) is 0 Å². The van der Waals surface area contributed by atoms with E-state index >= 15 is 0 Å². The Labute approximate surface area is 140 Å². The summed E-state index contributed by atoms with van der Waals surface area (Å²) in [7, 11) is 0. The normalized spacial score (nSPS) is 27.7. The number of benzene rings is 1. The third-order valence-corrected chi connectivity index (χ3v) is 5.69. The first-order chi connectivity index (χ1) is 11.2. The van der Waals surface area contributed by atoms with Crippen molar-refractivity contribution in [2.75, 3.05) is 19.8 Å². The Kier molecular flexibility index (Phi) is 3.73. The average molecular weight is 327 g/mol. The predicted molar refractivity (Wildman–Crippen MR) is 95.1 cm³/mol. The summed E-state index contributed by atoms with van der Waals surface area (Å²) in [6, 6.07) is 8.85. The van der Waals surface area contributed by atoms with Crippen molar-refractivity contribution >= 4 is 21.4 Å². The zero-order chi connectivity index (χ0) is 15.9. The van der Waals surface area contributed by atoms with E-state index in [4.69, 9.17) is 0 Å². The highest BCUT2D eigenvalue weighted by Gasteiger charge is 2.38. The quantitative estimate of drug-likeness (QED) is 0.810. The van der Waals surface area contributed by atoms with E-state index in [9.17, 15) is 5.11 Å². The van der Waals surface area contributed by atoms with Gasteiger partial charge in [-0.1, -0.05) is 12.1 Å². The largest absolute Gasteiger partial charge is 0.370 e. The van der Waals surface area contributed by atoms with E-state index in [0.717, 1.165) is 25.3 Å². The van der Waals surface area contributed by atoms with Gasteiger partial charge in [0.2, 0.25) is 0 Å². The van der Waals surface area contributed by atoms with Crippen molar-refractivity contribution in [3.8, 4) is 0 Å². The molecule has 1 fully saturated rings. The lowest BCUT2D eigenvalue weighted by atomic mass is 9.89. The average Bonchev–Trinajstić information content (AvgIpc) is 3.21. The first-order valence-corrected chi connectivity index (χ1v) is 8.78. The van der Waals surface area contributed by atoms with Crippen LogP contribution in [0, 0.1) is 0 Å². The van der Waals surface area contributed by atoms with E-state index < -0.39 is 6.23 Å². The highest BCUT2D eigenvalue weighted by Crippen LogP contribution is 2.31. The van der Waals surface area contributed by atoms with Crippen LogP contribution in [0.25, 0.3) is 10.1 Å². The van der Waals surface area contributed by atoms with E-state index in [2.05, 4.69) is 40.3 Å². The van der Waals surface area contributed by atoms with E-state index in [1.54, 1.807) is 11.3 Å². The van der Waals surface area contributed by atoms with Crippen molar-refractivity contribution in [1.29, 1.82) is 0 Å². The first kappa shape index (κ1) is 14.9. The Morgan fingerprint density at radius 3 is 3.13 bits per heavy atom. The molecule has 2 atom stereocenters. The maximum atomic E-state index is 10.5. The Morgan fingerprint density at radius 2 is 2.30 bits per heavy atom. The van der Waals surface area contributed by atoms with E-state index in [1.165, 1.54) is 15.6 Å². The number of aliphatic hydroxyl groups is 1. The Balaban J connectivity index is 1.68. The van der Waals surface area contributed by atoms with Crippen molar-refractivity contribution in [2.45, 2.75) is 18.7 Å². The summed E-state index contributed by atoms with van der Waals surface area (Å²) in [5.41, 5.74) is 2.04. The zero-order valence-electron chi connectivity index (χ0n) is 13.1. The molecule has 1 aromatic carbocycles. The molecule has 0 radical (unpaired) electrons. The number of fused-ring (bicyclic) bond motifs is 1. The van der Waals surface area contributed by atoms with Gasteiger partial charge in [0.25, 0.3) is 0 Å². The fourth-order valence-electron chi connectivity index (χ4n) is 3.43. The minimum Gasteiger partial charge on any atom is -0.370 e. The Morgan fingerprint density at radius 1 is 1.39 bits per heavy atom. The highest BCUT2D eigenvalue weighted by molar-refractivity contribution is 7.17. The second-order valence-corrected chi connectivity index (χ2v) is 7.28. The van der Waals surface area contributed by atoms with Gasteiger partial charge in [-0.25, -0.2) is 0 Å². The van der Waals surface area contributed by atoms with Crippen molar-refractivity contribution in [2.24, 2.45) is 0 Å². The molecule has 0 amide bonds. The Bertz CT molecular complexity index is 773. The molecule has 0 aliphatic carbocycles. The number of aliphatic hydroxyl groups excluding tert-OH is 1. The fraction of sp³-hybridized carbons (Fsp3) is 0.333. The van der Waals surface area contributed by atoms with Crippen molar-refractivity contribution < 1.29 is 5.11 Å². The molecule has 120 valence electrons. The van der Waals surface area contributed by atoms with Crippen molar-refractivity contribution in [3.63, 3.8) is 0 Å². The van der Waals surface area contributed by atoms with Gasteiger partial charge in [0.1, 0.15) is 6.23 Å². The molecule has 3 heterocycles. The lowest BCUT2D eigenvalue weighted by Crippen LogP contribution is -2.51. The third-order valence-electron chi connectivity index (χ3n) is 4.79. The molecule has 0 bridgehead atoms. The van der Waals surface area contributed by atoms with Crippen molar-refractivity contribution in [3.05, 3.63) is 59.1 Å². The Hall–Kier alpha value is -1.66. The number of allylic oxidation sites excluding steroid dienone is 2. The van der Waals surface area contributed by atoms with Gasteiger partial charge in [-0.2, -0.15) is 0 Å². The zero-order valence-corrected chi connectivity index (χ0v) is 13.9. The molecule has 1 aromatic heterocycles. The number of hydrogen-bond donors (Lipinski definition) is 3. The van der Waals surface area contributed by atoms with Gasteiger partial charge < -0.3 is 15.3 Å². The molecule has 23 heavy (non-hydrogen) atoms. The number of nitrogens with one attached hydrogen (secondary N) is 2. The molecule has 2 unspecified atom stereocenters. The second kappa shape index (κ2) is 5.76. The molecule has 2 aliphatic heterocycles. The SMILES string of the molecule is CC1=CC=CN(CC2(c3ccc4sccc4c3)CNCN2)C1O. The van der Waals surface area contributed by atoms with Crippen molar-refractivity contribution in [1.82, 2.24) is 15.5 Å². The van der Waals surface area contributed by atoms with Crippen LogP contribution in [-0.4, -0.2) is 36.0 Å². The minimum absolute atomic E-state index is 0.195. The summed E-state index contributed by atoms with van der Waals surface area (Å²) in [6.07, 6.45) is 5.39. The standard InChI is InChI=1S/C18H21N3OS/c1-13-3-2-7-21(17(13)22)11-18(10-19-12-20-18)15-4-5-16-14(9-15)6-8-23-16/h2-9,17,19-20,22H,10-12H2,1H3. The summed E-state index contributed by atoms with van der Waals surface area (Å²) in [4.78, 5) is 2.01. The number of rotatable bonds is 3. The van der Waals surface area contributed by atoms with Gasteiger partial charge >= 0.3 is 0 Å². The predicted octanol–water partition coefficient (Wildman–Crippen LogP) is 2.34. The van der Waals surface area contributed by atoms with Gasteiger partial charge in [0.15, 0.2) is 0 Å². The van der Waals surface area contributed by atoms with Gasteiger partial charge in [0, 0.05) is 30.7 Å². The minimum atomic E-state index is -0.552. The number of hydrogen-bond acceptors (Lipinski definition) is 5. The molecule has 0 spiro atoms. The number of thiophene rings is 1. The summed E-state index contributed by atoms with van der Waals surface area (Å²) < 4.78 is 1.31. The molecule has 4 rings (SSSR count). The van der Waals surface area contributed by atoms with Crippen LogP contribution in [-0.2, 0) is 5.54 Å². The maximum Gasteiger partial charge on any atom is 0.148 e. The molecule has 2 aliphatic rings.